The van der Waals surface area contributed by atoms with E-state index in [1.807, 2.05) is 13.0 Å². The zero-order chi connectivity index (χ0) is 15.3. The summed E-state index contributed by atoms with van der Waals surface area (Å²) < 4.78 is 33.8. The number of furan rings is 1. The molecular formula is C15H19NO4S. The molecule has 1 N–H and O–H groups in total. The lowest BCUT2D eigenvalue weighted by Gasteiger charge is -2.07. The molecule has 6 heteroatoms. The number of hydrogen-bond donors (Lipinski definition) is 1. The molecule has 0 unspecified atom stereocenters. The molecule has 1 aromatic carbocycles. The Kier molecular flexibility index (Phi) is 5.03. The summed E-state index contributed by atoms with van der Waals surface area (Å²) in [7, 11) is -3.17. The summed E-state index contributed by atoms with van der Waals surface area (Å²) in [6.07, 6.45) is 2.82. The van der Waals surface area contributed by atoms with Gasteiger partial charge < -0.3 is 14.5 Å². The molecular weight excluding hydrogens is 290 g/mol. The minimum absolute atomic E-state index is 0.283. The summed E-state index contributed by atoms with van der Waals surface area (Å²) in [6, 6.07) is 8.26. The van der Waals surface area contributed by atoms with Gasteiger partial charge in [-0.1, -0.05) is 6.92 Å². The van der Waals surface area contributed by atoms with Crippen molar-refractivity contribution in [2.24, 2.45) is 0 Å². The average molecular weight is 309 g/mol. The number of benzene rings is 1. The Morgan fingerprint density at radius 3 is 2.52 bits per heavy atom. The molecule has 0 saturated carbocycles. The van der Waals surface area contributed by atoms with Crippen LogP contribution in [-0.2, 0) is 23.0 Å². The van der Waals surface area contributed by atoms with E-state index in [1.54, 1.807) is 30.5 Å². The first-order chi connectivity index (χ1) is 10.0. The number of nitrogens with one attached hydrogen (secondary N) is 1. The van der Waals surface area contributed by atoms with E-state index in [-0.39, 0.29) is 4.90 Å². The summed E-state index contributed by atoms with van der Waals surface area (Å²) in [5.41, 5.74) is 0.975. The van der Waals surface area contributed by atoms with E-state index in [1.165, 1.54) is 6.26 Å². The zero-order valence-corrected chi connectivity index (χ0v) is 12.9. The molecule has 0 radical (unpaired) electrons. The van der Waals surface area contributed by atoms with Crippen LogP contribution in [0.4, 0.5) is 0 Å². The average Bonchev–Trinajstić information content (AvgIpc) is 2.90. The minimum atomic E-state index is -3.17. The predicted octanol–water partition coefficient (Wildman–Crippen LogP) is 2.37. The highest BCUT2D eigenvalue weighted by Crippen LogP contribution is 2.18. The first-order valence-corrected chi connectivity index (χ1v) is 8.58. The normalized spacial score (nSPS) is 11.5. The molecule has 2 aromatic rings. The molecule has 1 heterocycles. The van der Waals surface area contributed by atoms with Crippen molar-refractivity contribution < 1.29 is 17.6 Å². The fraction of sp³-hybridized carbons (Fsp3) is 0.333. The molecule has 0 aliphatic rings. The lowest BCUT2D eigenvalue weighted by molar-refractivity contribution is 0.301. The lowest BCUT2D eigenvalue weighted by atomic mass is 10.2. The smallest absolute Gasteiger partial charge is 0.175 e. The second-order valence-electron chi connectivity index (χ2n) is 4.68. The summed E-state index contributed by atoms with van der Waals surface area (Å²) in [4.78, 5) is 0.283. The van der Waals surface area contributed by atoms with E-state index in [0.717, 1.165) is 17.9 Å². The molecule has 0 spiro atoms. The predicted molar refractivity (Wildman–Crippen MR) is 80.0 cm³/mol. The quantitative estimate of drug-likeness (QED) is 0.850. The Balaban J connectivity index is 1.99. The van der Waals surface area contributed by atoms with Crippen LogP contribution < -0.4 is 10.1 Å². The van der Waals surface area contributed by atoms with Gasteiger partial charge in [0.1, 0.15) is 18.1 Å². The van der Waals surface area contributed by atoms with E-state index in [0.29, 0.717) is 18.9 Å². The van der Waals surface area contributed by atoms with Gasteiger partial charge in [-0.15, -0.1) is 0 Å². The van der Waals surface area contributed by atoms with E-state index in [2.05, 4.69) is 5.32 Å². The van der Waals surface area contributed by atoms with Crippen LogP contribution >= 0.6 is 0 Å². The van der Waals surface area contributed by atoms with Crippen LogP contribution in [0, 0.1) is 0 Å². The lowest BCUT2D eigenvalue weighted by Crippen LogP contribution is -2.12. The molecule has 2 rings (SSSR count). The van der Waals surface area contributed by atoms with Crippen molar-refractivity contribution >= 4 is 9.84 Å². The van der Waals surface area contributed by atoms with E-state index < -0.39 is 9.84 Å². The summed E-state index contributed by atoms with van der Waals surface area (Å²) >= 11 is 0. The number of sulfone groups is 1. The highest BCUT2D eigenvalue weighted by molar-refractivity contribution is 7.90. The third-order valence-corrected chi connectivity index (χ3v) is 4.15. The SMILES string of the molecule is CCNCc1occc1COc1ccc(S(C)(=O)=O)cc1. The zero-order valence-electron chi connectivity index (χ0n) is 12.1. The van der Waals surface area contributed by atoms with Crippen molar-refractivity contribution in [1.82, 2.24) is 5.32 Å². The highest BCUT2D eigenvalue weighted by Gasteiger charge is 2.08. The maximum Gasteiger partial charge on any atom is 0.175 e. The van der Waals surface area contributed by atoms with Crippen LogP contribution in [0.3, 0.4) is 0 Å². The van der Waals surface area contributed by atoms with Crippen molar-refractivity contribution in [1.29, 1.82) is 0 Å². The molecule has 1 aromatic heterocycles. The Morgan fingerprint density at radius 2 is 1.90 bits per heavy atom. The van der Waals surface area contributed by atoms with Gasteiger partial charge in [-0.2, -0.15) is 0 Å². The summed E-state index contributed by atoms with van der Waals surface area (Å²) in [5.74, 6) is 1.47. The Bertz CT molecular complexity index is 674. The molecule has 0 aliphatic carbocycles. The molecule has 0 saturated heterocycles. The van der Waals surface area contributed by atoms with E-state index in [4.69, 9.17) is 9.15 Å². The standard InChI is InChI=1S/C15H19NO4S/c1-3-16-10-15-12(8-9-19-15)11-20-13-4-6-14(7-5-13)21(2,17)18/h4-9,16H,3,10-11H2,1-2H3. The fourth-order valence-corrected chi connectivity index (χ4v) is 2.46. The Morgan fingerprint density at radius 1 is 1.19 bits per heavy atom. The highest BCUT2D eigenvalue weighted by atomic mass is 32.2. The molecule has 0 aliphatic heterocycles. The van der Waals surface area contributed by atoms with Gasteiger partial charge in [0, 0.05) is 11.8 Å². The van der Waals surface area contributed by atoms with Gasteiger partial charge in [-0.25, -0.2) is 8.42 Å². The molecule has 0 amide bonds. The van der Waals surface area contributed by atoms with Gasteiger partial charge in [-0.3, -0.25) is 0 Å². The second-order valence-corrected chi connectivity index (χ2v) is 6.70. The van der Waals surface area contributed by atoms with Gasteiger partial charge in [0.05, 0.1) is 17.7 Å². The molecule has 5 nitrogen and oxygen atoms in total. The van der Waals surface area contributed by atoms with Crippen molar-refractivity contribution in [3.8, 4) is 5.75 Å². The monoisotopic (exact) mass is 309 g/mol. The van der Waals surface area contributed by atoms with Gasteiger partial charge in [-0.05, 0) is 36.9 Å². The van der Waals surface area contributed by atoms with Crippen LogP contribution in [0.15, 0.2) is 45.9 Å². The Labute approximate surface area is 124 Å². The number of rotatable bonds is 7. The van der Waals surface area contributed by atoms with Crippen molar-refractivity contribution in [2.45, 2.75) is 25.0 Å². The van der Waals surface area contributed by atoms with Gasteiger partial charge in [0.2, 0.25) is 0 Å². The molecule has 0 bridgehead atoms. The first-order valence-electron chi connectivity index (χ1n) is 6.69. The second kappa shape index (κ2) is 6.78. The maximum absolute atomic E-state index is 11.4. The molecule has 0 atom stereocenters. The van der Waals surface area contributed by atoms with Gasteiger partial charge in [0.15, 0.2) is 9.84 Å². The van der Waals surface area contributed by atoms with Crippen molar-refractivity contribution in [3.05, 3.63) is 47.9 Å². The van der Waals surface area contributed by atoms with Crippen molar-refractivity contribution in [2.75, 3.05) is 12.8 Å². The minimum Gasteiger partial charge on any atom is -0.489 e. The largest absolute Gasteiger partial charge is 0.489 e. The van der Waals surface area contributed by atoms with Gasteiger partial charge >= 0.3 is 0 Å². The third-order valence-electron chi connectivity index (χ3n) is 3.02. The molecule has 21 heavy (non-hydrogen) atoms. The fourth-order valence-electron chi connectivity index (χ4n) is 1.83. The van der Waals surface area contributed by atoms with Crippen LogP contribution in [0.5, 0.6) is 5.75 Å². The summed E-state index contributed by atoms with van der Waals surface area (Å²) in [6.45, 7) is 3.95. The first kappa shape index (κ1) is 15.6. The molecule has 0 fully saturated rings. The van der Waals surface area contributed by atoms with Crippen LogP contribution in [0.1, 0.15) is 18.2 Å². The summed E-state index contributed by atoms with van der Waals surface area (Å²) in [5, 5.41) is 3.20. The van der Waals surface area contributed by atoms with Crippen LogP contribution in [-0.4, -0.2) is 21.2 Å². The maximum atomic E-state index is 11.4. The van der Waals surface area contributed by atoms with E-state index in [9.17, 15) is 8.42 Å². The Hall–Kier alpha value is -1.79. The van der Waals surface area contributed by atoms with Crippen LogP contribution in [0.2, 0.25) is 0 Å². The number of hydrogen-bond acceptors (Lipinski definition) is 5. The van der Waals surface area contributed by atoms with Gasteiger partial charge in [0.25, 0.3) is 0 Å². The van der Waals surface area contributed by atoms with E-state index >= 15 is 0 Å². The molecule has 114 valence electrons. The topological polar surface area (TPSA) is 68.5 Å². The third kappa shape index (κ3) is 4.34. The van der Waals surface area contributed by atoms with Crippen molar-refractivity contribution in [3.63, 3.8) is 0 Å². The number of ether oxygens (including phenoxy) is 1. The van der Waals surface area contributed by atoms with Crippen LogP contribution in [0.25, 0.3) is 0 Å².